The van der Waals surface area contributed by atoms with Crippen molar-refractivity contribution < 1.29 is 15.3 Å². The van der Waals surface area contributed by atoms with Crippen LogP contribution in [-0.4, -0.2) is 58.2 Å². The molecule has 1 aromatic heterocycles. The van der Waals surface area contributed by atoms with Gasteiger partial charge in [0.25, 0.3) is 0 Å². The van der Waals surface area contributed by atoms with E-state index in [2.05, 4.69) is 11.4 Å². The number of rotatable bonds is 3. The average Bonchev–Trinajstić information content (AvgIpc) is 2.75. The second-order valence-corrected chi connectivity index (χ2v) is 5.05. The van der Waals surface area contributed by atoms with Crippen LogP contribution in [0.1, 0.15) is 5.56 Å². The van der Waals surface area contributed by atoms with E-state index in [9.17, 15) is 15.3 Å². The number of piperidine rings is 1. The van der Waals surface area contributed by atoms with Gasteiger partial charge in [0.2, 0.25) is 0 Å². The average molecular weight is 243 g/mol. The third-order valence-electron chi connectivity index (χ3n) is 2.98. The van der Waals surface area contributed by atoms with Gasteiger partial charge in [-0.2, -0.15) is 11.3 Å². The van der Waals surface area contributed by atoms with E-state index >= 15 is 0 Å². The minimum absolute atomic E-state index is 0.433. The van der Waals surface area contributed by atoms with E-state index in [-0.39, 0.29) is 0 Å². The van der Waals surface area contributed by atoms with Crippen molar-refractivity contribution in [1.82, 2.24) is 4.90 Å². The molecular formula is C11H17NO3S. The van der Waals surface area contributed by atoms with Gasteiger partial charge < -0.3 is 15.3 Å². The molecule has 16 heavy (non-hydrogen) atoms. The van der Waals surface area contributed by atoms with Gasteiger partial charge in [0.15, 0.2) is 0 Å². The van der Waals surface area contributed by atoms with Crippen LogP contribution < -0.4 is 0 Å². The summed E-state index contributed by atoms with van der Waals surface area (Å²) in [6, 6.07) is 2.08. The summed E-state index contributed by atoms with van der Waals surface area (Å²) in [4.78, 5) is 1.99. The molecule has 5 heteroatoms. The largest absolute Gasteiger partial charge is 0.389 e. The highest BCUT2D eigenvalue weighted by atomic mass is 32.1. The molecule has 0 radical (unpaired) electrons. The Balaban J connectivity index is 1.82. The van der Waals surface area contributed by atoms with E-state index in [0.29, 0.717) is 13.1 Å². The molecule has 2 heterocycles. The van der Waals surface area contributed by atoms with Crippen LogP contribution in [0.25, 0.3) is 0 Å². The van der Waals surface area contributed by atoms with Crippen LogP contribution in [0.3, 0.4) is 0 Å². The van der Waals surface area contributed by atoms with Crippen LogP contribution in [0.15, 0.2) is 16.8 Å². The molecule has 0 aliphatic carbocycles. The van der Waals surface area contributed by atoms with Crippen LogP contribution in [-0.2, 0) is 6.42 Å². The van der Waals surface area contributed by atoms with Gasteiger partial charge in [-0.1, -0.05) is 0 Å². The van der Waals surface area contributed by atoms with E-state index in [1.807, 2.05) is 10.3 Å². The van der Waals surface area contributed by atoms with Crippen molar-refractivity contribution in [2.24, 2.45) is 0 Å². The van der Waals surface area contributed by atoms with Gasteiger partial charge in [-0.05, 0) is 28.8 Å². The minimum atomic E-state index is -1.00. The molecule has 3 N–H and O–H groups in total. The Morgan fingerprint density at radius 3 is 2.50 bits per heavy atom. The van der Waals surface area contributed by atoms with E-state index in [1.54, 1.807) is 11.3 Å². The molecule has 90 valence electrons. The zero-order valence-corrected chi connectivity index (χ0v) is 9.81. The van der Waals surface area contributed by atoms with Crippen LogP contribution in [0.4, 0.5) is 0 Å². The molecule has 3 atom stereocenters. The summed E-state index contributed by atoms with van der Waals surface area (Å²) in [5, 5.41) is 32.6. The third-order valence-corrected chi connectivity index (χ3v) is 3.71. The number of β-amino-alcohol motifs (C(OH)–C–C–N with tert-alkyl or cyclic N) is 2. The van der Waals surface area contributed by atoms with Gasteiger partial charge in [-0.25, -0.2) is 0 Å². The fraction of sp³-hybridized carbons (Fsp3) is 0.636. The quantitative estimate of drug-likeness (QED) is 0.681. The van der Waals surface area contributed by atoms with Crippen molar-refractivity contribution in [3.63, 3.8) is 0 Å². The van der Waals surface area contributed by atoms with Gasteiger partial charge in [0.05, 0.1) is 12.2 Å². The Labute approximate surface area is 98.8 Å². The zero-order valence-electron chi connectivity index (χ0n) is 8.99. The van der Waals surface area contributed by atoms with E-state index < -0.39 is 18.3 Å². The third kappa shape index (κ3) is 2.81. The number of nitrogens with zero attached hydrogens (tertiary/aromatic N) is 1. The maximum atomic E-state index is 9.53. The van der Waals surface area contributed by atoms with Crippen molar-refractivity contribution in [3.05, 3.63) is 22.4 Å². The lowest BCUT2D eigenvalue weighted by Gasteiger charge is -2.36. The number of aliphatic hydroxyl groups excluding tert-OH is 3. The summed E-state index contributed by atoms with van der Waals surface area (Å²) in [7, 11) is 0. The Morgan fingerprint density at radius 1 is 1.25 bits per heavy atom. The molecule has 1 fully saturated rings. The predicted octanol–water partition coefficient (Wildman–Crippen LogP) is -0.311. The lowest BCUT2D eigenvalue weighted by Crippen LogP contribution is -2.55. The maximum absolute atomic E-state index is 9.53. The van der Waals surface area contributed by atoms with E-state index in [1.165, 1.54) is 5.56 Å². The zero-order chi connectivity index (χ0) is 11.5. The van der Waals surface area contributed by atoms with Gasteiger partial charge >= 0.3 is 0 Å². The first-order valence-electron chi connectivity index (χ1n) is 5.44. The summed E-state index contributed by atoms with van der Waals surface area (Å²) in [6.45, 7) is 1.67. The predicted molar refractivity (Wildman–Crippen MR) is 62.5 cm³/mol. The first kappa shape index (κ1) is 12.0. The highest BCUT2D eigenvalue weighted by Gasteiger charge is 2.32. The van der Waals surface area contributed by atoms with Crippen molar-refractivity contribution in [1.29, 1.82) is 0 Å². The van der Waals surface area contributed by atoms with Crippen molar-refractivity contribution in [2.45, 2.75) is 24.7 Å². The van der Waals surface area contributed by atoms with Gasteiger partial charge in [-0.3, -0.25) is 4.90 Å². The summed E-state index contributed by atoms with van der Waals surface area (Å²) in [5.41, 5.74) is 1.28. The smallest absolute Gasteiger partial charge is 0.108 e. The number of hydrogen-bond acceptors (Lipinski definition) is 5. The molecular weight excluding hydrogens is 226 g/mol. The molecule has 2 rings (SSSR count). The topological polar surface area (TPSA) is 63.9 Å². The molecule has 0 bridgehead atoms. The highest BCUT2D eigenvalue weighted by molar-refractivity contribution is 7.07. The SMILES string of the molecule is O[C@H]1[C@H](O)CN(CCc2ccsc2)C[C@@H]1O. The summed E-state index contributed by atoms with van der Waals surface area (Å²) in [6.07, 6.45) is -1.77. The van der Waals surface area contributed by atoms with Crippen molar-refractivity contribution in [2.75, 3.05) is 19.6 Å². The second kappa shape index (κ2) is 5.25. The highest BCUT2D eigenvalue weighted by Crippen LogP contribution is 2.13. The Hall–Kier alpha value is -0.460. The lowest BCUT2D eigenvalue weighted by atomic mass is 10.0. The molecule has 0 aromatic carbocycles. The fourth-order valence-corrected chi connectivity index (χ4v) is 2.68. The fourth-order valence-electron chi connectivity index (χ4n) is 1.98. The van der Waals surface area contributed by atoms with E-state index in [4.69, 9.17) is 0 Å². The van der Waals surface area contributed by atoms with Gasteiger partial charge in [0, 0.05) is 19.6 Å². The summed E-state index contributed by atoms with van der Waals surface area (Å²) in [5.74, 6) is 0. The van der Waals surface area contributed by atoms with Crippen molar-refractivity contribution >= 4 is 11.3 Å². The Morgan fingerprint density at radius 2 is 1.94 bits per heavy atom. The standard InChI is InChI=1S/C11H17NO3S/c13-9-5-12(6-10(14)11(9)15)3-1-8-2-4-16-7-8/h2,4,7,9-11,13-15H,1,3,5-6H2/t9-,10+,11+. The molecule has 0 saturated carbocycles. The van der Waals surface area contributed by atoms with Crippen LogP contribution >= 0.6 is 11.3 Å². The molecule has 0 amide bonds. The van der Waals surface area contributed by atoms with Crippen LogP contribution in [0.2, 0.25) is 0 Å². The molecule has 0 spiro atoms. The Kier molecular flexibility index (Phi) is 3.94. The number of likely N-dealkylation sites (tertiary alicyclic amines) is 1. The van der Waals surface area contributed by atoms with Gasteiger partial charge in [-0.15, -0.1) is 0 Å². The van der Waals surface area contributed by atoms with E-state index in [0.717, 1.165) is 13.0 Å². The molecule has 1 saturated heterocycles. The lowest BCUT2D eigenvalue weighted by molar-refractivity contribution is -0.109. The molecule has 0 unspecified atom stereocenters. The normalized spacial score (nSPS) is 31.8. The number of thiophene rings is 1. The first-order chi connectivity index (χ1) is 7.66. The van der Waals surface area contributed by atoms with Crippen LogP contribution in [0, 0.1) is 0 Å². The second-order valence-electron chi connectivity index (χ2n) is 4.27. The monoisotopic (exact) mass is 243 g/mol. The molecule has 4 nitrogen and oxygen atoms in total. The Bertz CT molecular complexity index is 305. The van der Waals surface area contributed by atoms with Gasteiger partial charge in [0.1, 0.15) is 6.10 Å². The molecule has 1 aromatic rings. The number of hydrogen-bond donors (Lipinski definition) is 3. The van der Waals surface area contributed by atoms with Crippen molar-refractivity contribution in [3.8, 4) is 0 Å². The van der Waals surface area contributed by atoms with Crippen LogP contribution in [0.5, 0.6) is 0 Å². The first-order valence-corrected chi connectivity index (χ1v) is 6.38. The maximum Gasteiger partial charge on any atom is 0.108 e. The number of aliphatic hydroxyl groups is 3. The molecule has 1 aliphatic heterocycles. The minimum Gasteiger partial charge on any atom is -0.389 e. The summed E-state index contributed by atoms with van der Waals surface area (Å²) < 4.78 is 0. The molecule has 1 aliphatic rings. The summed E-state index contributed by atoms with van der Waals surface area (Å²) >= 11 is 1.67.